The molecule has 0 unspecified atom stereocenters. The van der Waals surface area contributed by atoms with Crippen molar-refractivity contribution in [2.45, 2.75) is 33.2 Å². The van der Waals surface area contributed by atoms with Crippen molar-refractivity contribution in [2.24, 2.45) is 5.92 Å². The van der Waals surface area contributed by atoms with E-state index in [1.54, 1.807) is 18.2 Å². The van der Waals surface area contributed by atoms with Gasteiger partial charge < -0.3 is 20.9 Å². The molecule has 3 rings (SSSR count). The smallest absolute Gasteiger partial charge is 0.319 e. The Bertz CT molecular complexity index is 877. The van der Waals surface area contributed by atoms with Crippen molar-refractivity contribution >= 4 is 34.9 Å². The van der Waals surface area contributed by atoms with Gasteiger partial charge in [0.15, 0.2) is 0 Å². The molecule has 1 heterocycles. The molecule has 0 saturated carbocycles. The zero-order valence-corrected chi connectivity index (χ0v) is 18.3. The van der Waals surface area contributed by atoms with E-state index in [0.717, 1.165) is 18.7 Å². The summed E-state index contributed by atoms with van der Waals surface area (Å²) in [5.74, 6) is 0.135. The Hall–Kier alpha value is -2.73. The lowest BCUT2D eigenvalue weighted by molar-refractivity contribution is 0.0949. The number of nitrogens with zero attached hydrogens (tertiary/aromatic N) is 1. The van der Waals surface area contributed by atoms with Gasteiger partial charge in [-0.2, -0.15) is 0 Å². The van der Waals surface area contributed by atoms with Crippen LogP contribution < -0.4 is 20.9 Å². The van der Waals surface area contributed by atoms with Crippen molar-refractivity contribution in [3.63, 3.8) is 0 Å². The lowest BCUT2D eigenvalue weighted by Gasteiger charge is -2.17. The number of amides is 3. The topological polar surface area (TPSA) is 73.5 Å². The summed E-state index contributed by atoms with van der Waals surface area (Å²) >= 11 is 6.23. The Morgan fingerprint density at radius 2 is 1.73 bits per heavy atom. The van der Waals surface area contributed by atoms with E-state index in [4.69, 9.17) is 11.6 Å². The van der Waals surface area contributed by atoms with Crippen molar-refractivity contribution in [3.05, 3.63) is 58.6 Å². The summed E-state index contributed by atoms with van der Waals surface area (Å²) < 4.78 is 0. The maximum absolute atomic E-state index is 12.2. The summed E-state index contributed by atoms with van der Waals surface area (Å²) in [5, 5.41) is 8.72. The molecule has 1 fully saturated rings. The molecule has 160 valence electrons. The molecule has 0 radical (unpaired) electrons. The minimum Gasteiger partial charge on any atom is -0.372 e. The minimum atomic E-state index is -0.327. The van der Waals surface area contributed by atoms with Crippen LogP contribution in [0.4, 0.5) is 16.2 Å². The number of hydrogen-bond donors (Lipinski definition) is 3. The normalized spacial score (nSPS) is 13.4. The molecule has 2 aromatic rings. The number of carbonyl (C=O) groups excluding carboxylic acids is 2. The van der Waals surface area contributed by atoms with E-state index in [9.17, 15) is 9.59 Å². The molecule has 3 N–H and O–H groups in total. The van der Waals surface area contributed by atoms with Gasteiger partial charge in [0, 0.05) is 37.6 Å². The van der Waals surface area contributed by atoms with Gasteiger partial charge in [-0.25, -0.2) is 4.79 Å². The van der Waals surface area contributed by atoms with Crippen LogP contribution in [0.25, 0.3) is 0 Å². The predicted molar refractivity (Wildman–Crippen MR) is 122 cm³/mol. The Labute approximate surface area is 183 Å². The first kappa shape index (κ1) is 22.0. The van der Waals surface area contributed by atoms with Crippen molar-refractivity contribution in [1.29, 1.82) is 0 Å². The van der Waals surface area contributed by atoms with Crippen LogP contribution in [0.1, 0.15) is 42.6 Å². The van der Waals surface area contributed by atoms with Crippen molar-refractivity contribution < 1.29 is 9.59 Å². The van der Waals surface area contributed by atoms with E-state index in [1.807, 2.05) is 26.0 Å². The maximum atomic E-state index is 12.2. The van der Waals surface area contributed by atoms with Gasteiger partial charge in [-0.15, -0.1) is 0 Å². The SMILES string of the molecule is CC(C)CNC(=O)c1ccc(NC(=O)NCc2ccc(N3CCCC3)cc2)cc1Cl. The standard InChI is InChI=1S/C23H29ClN4O2/c1-16(2)14-25-22(29)20-10-7-18(13-21(20)24)27-23(30)26-15-17-5-8-19(9-6-17)28-11-3-4-12-28/h5-10,13,16H,3-4,11-12,14-15H2,1-2H3,(H,25,29)(H2,26,27,30). The fraction of sp³-hybridized carbons (Fsp3) is 0.391. The van der Waals surface area contributed by atoms with Crippen LogP contribution in [0.2, 0.25) is 5.02 Å². The van der Waals surface area contributed by atoms with E-state index in [-0.39, 0.29) is 11.9 Å². The summed E-state index contributed by atoms with van der Waals surface area (Å²) in [7, 11) is 0. The number of urea groups is 1. The summed E-state index contributed by atoms with van der Waals surface area (Å²) in [6.07, 6.45) is 2.49. The first-order valence-electron chi connectivity index (χ1n) is 10.4. The third kappa shape index (κ3) is 6.13. The number of hydrogen-bond acceptors (Lipinski definition) is 3. The van der Waals surface area contributed by atoms with E-state index in [2.05, 4.69) is 33.0 Å². The van der Waals surface area contributed by atoms with E-state index in [1.165, 1.54) is 18.5 Å². The molecular formula is C23H29ClN4O2. The summed E-state index contributed by atoms with van der Waals surface area (Å²) in [4.78, 5) is 26.8. The van der Waals surface area contributed by atoms with Gasteiger partial charge in [-0.3, -0.25) is 4.79 Å². The van der Waals surface area contributed by atoms with Gasteiger partial charge >= 0.3 is 6.03 Å². The highest BCUT2D eigenvalue weighted by atomic mass is 35.5. The van der Waals surface area contributed by atoms with Crippen molar-refractivity contribution in [2.75, 3.05) is 29.9 Å². The predicted octanol–water partition coefficient (Wildman–Crippen LogP) is 4.65. The summed E-state index contributed by atoms with van der Waals surface area (Å²) in [5.41, 5.74) is 3.18. The lowest BCUT2D eigenvalue weighted by Crippen LogP contribution is -2.29. The highest BCUT2D eigenvalue weighted by Gasteiger charge is 2.13. The maximum Gasteiger partial charge on any atom is 0.319 e. The van der Waals surface area contributed by atoms with Gasteiger partial charge in [-0.1, -0.05) is 37.6 Å². The second kappa shape index (κ2) is 10.3. The molecule has 0 aliphatic carbocycles. The Balaban J connectivity index is 1.49. The highest BCUT2D eigenvalue weighted by molar-refractivity contribution is 6.34. The number of rotatable bonds is 7. The lowest BCUT2D eigenvalue weighted by atomic mass is 10.1. The fourth-order valence-electron chi connectivity index (χ4n) is 3.33. The highest BCUT2D eigenvalue weighted by Crippen LogP contribution is 2.22. The van der Waals surface area contributed by atoms with Crippen LogP contribution in [0, 0.1) is 5.92 Å². The molecule has 0 spiro atoms. The average molecular weight is 429 g/mol. The molecule has 7 heteroatoms. The Morgan fingerprint density at radius 3 is 2.37 bits per heavy atom. The third-order valence-corrected chi connectivity index (χ3v) is 5.32. The molecule has 1 aliphatic heterocycles. The van der Waals surface area contributed by atoms with E-state index < -0.39 is 0 Å². The molecule has 0 aromatic heterocycles. The van der Waals surface area contributed by atoms with Gasteiger partial charge in [0.1, 0.15) is 0 Å². The molecule has 2 aromatic carbocycles. The number of nitrogens with one attached hydrogen (secondary N) is 3. The number of halogens is 1. The van der Waals surface area contributed by atoms with Crippen LogP contribution in [0.15, 0.2) is 42.5 Å². The van der Waals surface area contributed by atoms with Crippen molar-refractivity contribution in [1.82, 2.24) is 10.6 Å². The van der Waals surface area contributed by atoms with Gasteiger partial charge in [0.05, 0.1) is 10.6 Å². The molecule has 0 bridgehead atoms. The average Bonchev–Trinajstić information content (AvgIpc) is 3.26. The second-order valence-corrected chi connectivity index (χ2v) is 8.37. The quantitative estimate of drug-likeness (QED) is 0.601. The van der Waals surface area contributed by atoms with E-state index in [0.29, 0.717) is 35.3 Å². The molecule has 0 atom stereocenters. The number of carbonyl (C=O) groups is 2. The summed E-state index contributed by atoms with van der Waals surface area (Å²) in [6.45, 7) is 7.28. The molecule has 6 nitrogen and oxygen atoms in total. The van der Waals surface area contributed by atoms with Crippen LogP contribution in [-0.2, 0) is 6.54 Å². The van der Waals surface area contributed by atoms with E-state index >= 15 is 0 Å². The fourth-order valence-corrected chi connectivity index (χ4v) is 3.59. The number of benzene rings is 2. The first-order chi connectivity index (χ1) is 14.4. The zero-order valence-electron chi connectivity index (χ0n) is 17.5. The molecule has 1 aliphatic rings. The van der Waals surface area contributed by atoms with Crippen LogP contribution >= 0.6 is 11.6 Å². The first-order valence-corrected chi connectivity index (χ1v) is 10.8. The Morgan fingerprint density at radius 1 is 1.03 bits per heavy atom. The molecular weight excluding hydrogens is 400 g/mol. The Kier molecular flexibility index (Phi) is 7.57. The third-order valence-electron chi connectivity index (χ3n) is 5.00. The number of anilines is 2. The van der Waals surface area contributed by atoms with Gasteiger partial charge in [0.25, 0.3) is 5.91 Å². The molecule has 1 saturated heterocycles. The van der Waals surface area contributed by atoms with Crippen LogP contribution in [0.5, 0.6) is 0 Å². The van der Waals surface area contributed by atoms with Crippen LogP contribution in [0.3, 0.4) is 0 Å². The molecule has 30 heavy (non-hydrogen) atoms. The van der Waals surface area contributed by atoms with Crippen molar-refractivity contribution in [3.8, 4) is 0 Å². The molecule has 3 amide bonds. The zero-order chi connectivity index (χ0) is 21.5. The monoisotopic (exact) mass is 428 g/mol. The largest absolute Gasteiger partial charge is 0.372 e. The summed E-state index contributed by atoms with van der Waals surface area (Å²) in [6, 6.07) is 12.8. The second-order valence-electron chi connectivity index (χ2n) is 7.97. The minimum absolute atomic E-state index is 0.220. The van der Waals surface area contributed by atoms with Crippen LogP contribution in [-0.4, -0.2) is 31.6 Å². The van der Waals surface area contributed by atoms with Gasteiger partial charge in [0.2, 0.25) is 0 Å². The van der Waals surface area contributed by atoms with Gasteiger partial charge in [-0.05, 0) is 54.7 Å².